The minimum atomic E-state index is -1.16. The Morgan fingerprint density at radius 3 is 1.97 bits per heavy atom. The van der Waals surface area contributed by atoms with Gasteiger partial charge in [0.15, 0.2) is 24.6 Å². The molecule has 198 valence electrons. The van der Waals surface area contributed by atoms with Crippen molar-refractivity contribution in [1.29, 1.82) is 5.26 Å². The van der Waals surface area contributed by atoms with Crippen molar-refractivity contribution in [3.8, 4) is 17.8 Å². The van der Waals surface area contributed by atoms with Gasteiger partial charge in [-0.25, -0.2) is 0 Å². The summed E-state index contributed by atoms with van der Waals surface area (Å²) >= 11 is 0. The molecule has 12 heteroatoms. The summed E-state index contributed by atoms with van der Waals surface area (Å²) in [7, 11) is 0. The summed E-state index contributed by atoms with van der Waals surface area (Å²) in [6.07, 6.45) is -2.98. The van der Waals surface area contributed by atoms with Crippen LogP contribution in [0.1, 0.15) is 34.1 Å². The Hall–Kier alpha value is -3.40. The van der Waals surface area contributed by atoms with Gasteiger partial charge in [-0.1, -0.05) is 6.92 Å². The molecule has 1 saturated heterocycles. The highest BCUT2D eigenvalue weighted by Crippen LogP contribution is 2.30. The molecule has 2 rings (SSSR count). The highest BCUT2D eigenvalue weighted by molar-refractivity contribution is 5.68. The van der Waals surface area contributed by atoms with Crippen molar-refractivity contribution < 1.29 is 52.3 Å². The lowest BCUT2D eigenvalue weighted by atomic mass is 9.96. The molecule has 1 heterocycles. The summed E-state index contributed by atoms with van der Waals surface area (Å²) < 4.78 is 43.5. The predicted molar refractivity (Wildman–Crippen MR) is 121 cm³/mol. The Labute approximate surface area is 209 Å². The number of rotatable bonds is 13. The Morgan fingerprint density at radius 2 is 1.39 bits per heavy atom. The zero-order valence-electron chi connectivity index (χ0n) is 20.7. The highest BCUT2D eigenvalue weighted by Gasteiger charge is 2.51. The number of hydrogen-bond acceptors (Lipinski definition) is 12. The molecule has 0 radical (unpaired) electrons. The summed E-state index contributed by atoms with van der Waals surface area (Å²) in [5.74, 6) is -0.880. The molecule has 1 aromatic carbocycles. The van der Waals surface area contributed by atoms with Crippen LogP contribution >= 0.6 is 0 Å². The molecule has 12 nitrogen and oxygen atoms in total. The van der Waals surface area contributed by atoms with E-state index in [-0.39, 0.29) is 26.4 Å². The first-order chi connectivity index (χ1) is 17.2. The van der Waals surface area contributed by atoms with Crippen molar-refractivity contribution in [3.05, 3.63) is 24.3 Å². The van der Waals surface area contributed by atoms with Gasteiger partial charge in [0, 0.05) is 20.8 Å². The Balaban J connectivity index is 1.89. The molecule has 5 unspecified atom stereocenters. The second-order valence-corrected chi connectivity index (χ2v) is 7.67. The third-order valence-corrected chi connectivity index (χ3v) is 4.89. The van der Waals surface area contributed by atoms with Gasteiger partial charge in [-0.15, -0.1) is 5.26 Å². The molecule has 0 aromatic heterocycles. The van der Waals surface area contributed by atoms with Crippen LogP contribution in [0, 0.1) is 11.5 Å². The zero-order valence-corrected chi connectivity index (χ0v) is 20.7. The number of nitriles is 1. The van der Waals surface area contributed by atoms with Gasteiger partial charge in [-0.2, -0.15) is 0 Å². The number of ether oxygens (including phenoxy) is 8. The van der Waals surface area contributed by atoms with E-state index in [1.165, 1.54) is 20.8 Å². The molecule has 5 atom stereocenters. The number of nitrogens with zero attached hydrogens (tertiary/aromatic N) is 1. The summed E-state index contributed by atoms with van der Waals surface area (Å²) in [4.78, 5) is 35.1. The third-order valence-electron chi connectivity index (χ3n) is 4.89. The fourth-order valence-electron chi connectivity index (χ4n) is 3.52. The average molecular weight is 510 g/mol. The first-order valence-electron chi connectivity index (χ1n) is 11.4. The fourth-order valence-corrected chi connectivity index (χ4v) is 3.52. The summed E-state index contributed by atoms with van der Waals surface area (Å²) in [6.45, 7) is 6.21. The molecule has 0 saturated carbocycles. The smallest absolute Gasteiger partial charge is 0.303 e. The minimum absolute atomic E-state index is 0.0735. The van der Waals surface area contributed by atoms with E-state index >= 15 is 0 Å². The molecule has 0 aliphatic carbocycles. The van der Waals surface area contributed by atoms with E-state index in [1.807, 2.05) is 6.92 Å². The standard InChI is InChI=1S/C24H31NO11/c1-5-20-21(33-15(2)26)22(34-16(3)27)23(35-17(4)28)24(36-20)31-13-11-29-10-12-30-18-6-8-19(9-7-18)32-14-25/h6-9,20-24H,5,10-13H2,1-4H3. The molecule has 0 spiro atoms. The van der Waals surface area contributed by atoms with Crippen molar-refractivity contribution >= 4 is 17.9 Å². The topological polar surface area (TPSA) is 149 Å². The molecule has 1 aliphatic heterocycles. The lowest BCUT2D eigenvalue weighted by Crippen LogP contribution is -2.61. The van der Waals surface area contributed by atoms with Crippen LogP contribution in [0.4, 0.5) is 0 Å². The molecule has 1 aromatic rings. The van der Waals surface area contributed by atoms with Gasteiger partial charge >= 0.3 is 17.9 Å². The van der Waals surface area contributed by atoms with E-state index in [4.69, 9.17) is 43.2 Å². The molecule has 0 amide bonds. The number of carbonyl (C=O) groups excluding carboxylic acids is 3. The van der Waals surface area contributed by atoms with Crippen LogP contribution in [0.15, 0.2) is 24.3 Å². The van der Waals surface area contributed by atoms with Gasteiger partial charge in [0.25, 0.3) is 6.26 Å². The van der Waals surface area contributed by atoms with Crippen LogP contribution in [0.5, 0.6) is 11.5 Å². The van der Waals surface area contributed by atoms with Gasteiger partial charge in [0.2, 0.25) is 0 Å². The van der Waals surface area contributed by atoms with Crippen LogP contribution in [0.2, 0.25) is 0 Å². The van der Waals surface area contributed by atoms with Gasteiger partial charge in [-0.3, -0.25) is 14.4 Å². The van der Waals surface area contributed by atoms with Crippen molar-refractivity contribution in [1.82, 2.24) is 0 Å². The fraction of sp³-hybridized carbons (Fsp3) is 0.583. The van der Waals surface area contributed by atoms with E-state index in [9.17, 15) is 14.4 Å². The Bertz CT molecular complexity index is 898. The maximum absolute atomic E-state index is 11.7. The van der Waals surface area contributed by atoms with E-state index in [2.05, 4.69) is 0 Å². The van der Waals surface area contributed by atoms with Crippen LogP contribution < -0.4 is 9.47 Å². The van der Waals surface area contributed by atoms with Crippen molar-refractivity contribution in [2.75, 3.05) is 26.4 Å². The average Bonchev–Trinajstić information content (AvgIpc) is 2.82. The van der Waals surface area contributed by atoms with Crippen LogP contribution in [-0.4, -0.2) is 75.0 Å². The SMILES string of the molecule is CCC1OC(OCCOCCOc2ccc(OC#N)cc2)C(OC(C)=O)C(OC(C)=O)C1OC(C)=O. The van der Waals surface area contributed by atoms with E-state index in [1.54, 1.807) is 30.5 Å². The van der Waals surface area contributed by atoms with Gasteiger partial charge < -0.3 is 37.9 Å². The number of benzene rings is 1. The van der Waals surface area contributed by atoms with Crippen molar-refractivity contribution in [2.24, 2.45) is 0 Å². The lowest BCUT2D eigenvalue weighted by molar-refractivity contribution is -0.305. The lowest BCUT2D eigenvalue weighted by Gasteiger charge is -2.44. The number of hydrogen-bond donors (Lipinski definition) is 0. The first-order valence-corrected chi connectivity index (χ1v) is 11.4. The minimum Gasteiger partial charge on any atom is -0.491 e. The largest absolute Gasteiger partial charge is 0.491 e. The van der Waals surface area contributed by atoms with Gasteiger partial charge in [0.05, 0.1) is 19.8 Å². The second kappa shape index (κ2) is 14.9. The summed E-state index contributed by atoms with van der Waals surface area (Å²) in [5.41, 5.74) is 0. The molecule has 1 fully saturated rings. The predicted octanol–water partition coefficient (Wildman–Crippen LogP) is 1.89. The molecule has 0 N–H and O–H groups in total. The van der Waals surface area contributed by atoms with Crippen molar-refractivity contribution in [2.45, 2.75) is 64.8 Å². The monoisotopic (exact) mass is 509 g/mol. The Kier molecular flexibility index (Phi) is 11.9. The van der Waals surface area contributed by atoms with Gasteiger partial charge in [0.1, 0.15) is 24.2 Å². The van der Waals surface area contributed by atoms with E-state index in [0.717, 1.165) is 0 Å². The molecule has 0 bridgehead atoms. The van der Waals surface area contributed by atoms with E-state index in [0.29, 0.717) is 17.9 Å². The first kappa shape index (κ1) is 28.8. The molecular weight excluding hydrogens is 478 g/mol. The van der Waals surface area contributed by atoms with Crippen LogP contribution in [-0.2, 0) is 42.8 Å². The number of carbonyl (C=O) groups is 3. The quantitative estimate of drug-likeness (QED) is 0.165. The summed E-state index contributed by atoms with van der Waals surface area (Å²) in [5, 5.41) is 8.49. The zero-order chi connectivity index (χ0) is 26.5. The molecule has 1 aliphatic rings. The maximum atomic E-state index is 11.7. The maximum Gasteiger partial charge on any atom is 0.303 e. The second-order valence-electron chi connectivity index (χ2n) is 7.67. The van der Waals surface area contributed by atoms with Crippen LogP contribution in [0.25, 0.3) is 0 Å². The van der Waals surface area contributed by atoms with Crippen molar-refractivity contribution in [3.63, 3.8) is 0 Å². The number of esters is 3. The Morgan fingerprint density at radius 1 is 0.833 bits per heavy atom. The van der Waals surface area contributed by atoms with E-state index < -0.39 is 48.6 Å². The third kappa shape index (κ3) is 9.33. The molecular formula is C24H31NO11. The molecule has 36 heavy (non-hydrogen) atoms. The summed E-state index contributed by atoms with van der Waals surface area (Å²) in [6, 6.07) is 6.54. The highest BCUT2D eigenvalue weighted by atomic mass is 16.7. The normalized spacial score (nSPS) is 23.1. The van der Waals surface area contributed by atoms with Gasteiger partial charge in [-0.05, 0) is 30.7 Å². The van der Waals surface area contributed by atoms with Crippen LogP contribution in [0.3, 0.4) is 0 Å².